The van der Waals surface area contributed by atoms with Gasteiger partial charge in [-0.15, -0.1) is 0 Å². The molecule has 8 heteroatoms. The van der Waals surface area contributed by atoms with Crippen molar-refractivity contribution in [2.75, 3.05) is 10.5 Å². The summed E-state index contributed by atoms with van der Waals surface area (Å²) in [5.74, 6) is -0.0797. The van der Waals surface area contributed by atoms with E-state index in [1.54, 1.807) is 0 Å². The van der Waals surface area contributed by atoms with E-state index in [9.17, 15) is 21.6 Å². The van der Waals surface area contributed by atoms with E-state index in [4.69, 9.17) is 5.73 Å². The highest BCUT2D eigenvalue weighted by Crippen LogP contribution is 2.36. The van der Waals surface area contributed by atoms with Gasteiger partial charge in [-0.05, 0) is 30.0 Å². The zero-order valence-corrected chi connectivity index (χ0v) is 12.7. The first kappa shape index (κ1) is 17.8. The summed E-state index contributed by atoms with van der Waals surface area (Å²) >= 11 is 0. The van der Waals surface area contributed by atoms with Crippen molar-refractivity contribution in [2.45, 2.75) is 33.0 Å². The van der Waals surface area contributed by atoms with Crippen molar-refractivity contribution in [3.05, 3.63) is 29.3 Å². The van der Waals surface area contributed by atoms with Crippen LogP contribution in [0.25, 0.3) is 0 Å². The average Bonchev–Trinajstić information content (AvgIpc) is 2.35. The number of sulfonamides is 1. The zero-order valence-electron chi connectivity index (χ0n) is 11.9. The van der Waals surface area contributed by atoms with Gasteiger partial charge in [0, 0.05) is 6.54 Å². The largest absolute Gasteiger partial charge is 0.418 e. The number of anilines is 1. The first-order chi connectivity index (χ1) is 9.55. The molecule has 0 amide bonds. The molecule has 4 nitrogen and oxygen atoms in total. The van der Waals surface area contributed by atoms with Crippen LogP contribution >= 0.6 is 0 Å². The third kappa shape index (κ3) is 5.55. The molecule has 0 aliphatic heterocycles. The summed E-state index contributed by atoms with van der Waals surface area (Å²) in [5.41, 5.74) is 4.10. The SMILES string of the molecule is CC(C)CCS(=O)(=O)Nc1ccc(CN)cc1C(F)(F)F. The molecule has 0 fully saturated rings. The van der Waals surface area contributed by atoms with Crippen molar-refractivity contribution >= 4 is 15.7 Å². The normalized spacial score (nSPS) is 12.7. The Morgan fingerprint density at radius 2 is 1.90 bits per heavy atom. The van der Waals surface area contributed by atoms with Crippen LogP contribution < -0.4 is 10.5 Å². The average molecular weight is 324 g/mol. The van der Waals surface area contributed by atoms with Crippen molar-refractivity contribution in [3.63, 3.8) is 0 Å². The predicted molar refractivity (Wildman–Crippen MR) is 76.2 cm³/mol. The van der Waals surface area contributed by atoms with E-state index in [-0.39, 0.29) is 23.8 Å². The minimum absolute atomic E-state index is 0.0521. The fraction of sp³-hybridized carbons (Fsp3) is 0.538. The predicted octanol–water partition coefficient (Wildman–Crippen LogP) is 2.95. The fourth-order valence-electron chi connectivity index (χ4n) is 1.65. The lowest BCUT2D eigenvalue weighted by Gasteiger charge is -2.16. The first-order valence-electron chi connectivity index (χ1n) is 6.46. The third-order valence-corrected chi connectivity index (χ3v) is 4.16. The highest BCUT2D eigenvalue weighted by atomic mass is 32.2. The van der Waals surface area contributed by atoms with Gasteiger partial charge in [0.15, 0.2) is 0 Å². The Labute approximate surface area is 122 Å². The molecule has 0 aliphatic rings. The molecule has 0 aliphatic carbocycles. The summed E-state index contributed by atoms with van der Waals surface area (Å²) in [6, 6.07) is 3.33. The van der Waals surface area contributed by atoms with E-state index in [0.29, 0.717) is 6.42 Å². The number of nitrogens with one attached hydrogen (secondary N) is 1. The molecule has 0 aromatic heterocycles. The van der Waals surface area contributed by atoms with Crippen molar-refractivity contribution < 1.29 is 21.6 Å². The van der Waals surface area contributed by atoms with Crippen LogP contribution in [-0.2, 0) is 22.7 Å². The van der Waals surface area contributed by atoms with E-state index in [1.807, 2.05) is 18.6 Å². The summed E-state index contributed by atoms with van der Waals surface area (Å²) in [4.78, 5) is 0. The lowest BCUT2D eigenvalue weighted by atomic mass is 10.1. The van der Waals surface area contributed by atoms with Crippen LogP contribution in [0.15, 0.2) is 18.2 Å². The lowest BCUT2D eigenvalue weighted by molar-refractivity contribution is -0.136. The number of hydrogen-bond acceptors (Lipinski definition) is 3. The molecule has 0 saturated carbocycles. The van der Waals surface area contributed by atoms with Gasteiger partial charge in [-0.1, -0.05) is 19.9 Å². The Bertz CT molecular complexity index is 584. The molecule has 0 bridgehead atoms. The molecule has 0 spiro atoms. The van der Waals surface area contributed by atoms with Gasteiger partial charge < -0.3 is 5.73 Å². The molecule has 0 heterocycles. The molecule has 120 valence electrons. The Morgan fingerprint density at radius 3 is 2.38 bits per heavy atom. The minimum Gasteiger partial charge on any atom is -0.326 e. The van der Waals surface area contributed by atoms with Gasteiger partial charge in [-0.3, -0.25) is 4.72 Å². The molecule has 1 aromatic carbocycles. The van der Waals surface area contributed by atoms with Gasteiger partial charge in [0.2, 0.25) is 10.0 Å². The lowest BCUT2D eigenvalue weighted by Crippen LogP contribution is -2.21. The smallest absolute Gasteiger partial charge is 0.326 e. The number of alkyl halides is 3. The van der Waals surface area contributed by atoms with Gasteiger partial charge in [-0.25, -0.2) is 8.42 Å². The van der Waals surface area contributed by atoms with Crippen molar-refractivity contribution in [2.24, 2.45) is 11.7 Å². The van der Waals surface area contributed by atoms with Crippen LogP contribution in [-0.4, -0.2) is 14.2 Å². The molecular weight excluding hydrogens is 305 g/mol. The van der Waals surface area contributed by atoms with Crippen LogP contribution in [0.3, 0.4) is 0 Å². The molecule has 21 heavy (non-hydrogen) atoms. The van der Waals surface area contributed by atoms with Crippen molar-refractivity contribution in [1.82, 2.24) is 0 Å². The molecule has 0 atom stereocenters. The third-order valence-electron chi connectivity index (χ3n) is 2.85. The number of benzene rings is 1. The van der Waals surface area contributed by atoms with E-state index >= 15 is 0 Å². The van der Waals surface area contributed by atoms with E-state index in [2.05, 4.69) is 0 Å². The van der Waals surface area contributed by atoms with Gasteiger partial charge >= 0.3 is 6.18 Å². The molecule has 1 rings (SSSR count). The standard InChI is InChI=1S/C13H19F3N2O2S/c1-9(2)5-6-21(19,20)18-12-4-3-10(8-17)7-11(12)13(14,15)16/h3-4,7,9,18H,5-6,8,17H2,1-2H3. The number of rotatable bonds is 6. The van der Waals surface area contributed by atoms with Gasteiger partial charge in [-0.2, -0.15) is 13.2 Å². The molecule has 0 saturated heterocycles. The van der Waals surface area contributed by atoms with Gasteiger partial charge in [0.1, 0.15) is 0 Å². The van der Waals surface area contributed by atoms with Gasteiger partial charge in [0.05, 0.1) is 17.0 Å². The Kier molecular flexibility index (Phi) is 5.63. The first-order valence-corrected chi connectivity index (χ1v) is 8.11. The van der Waals surface area contributed by atoms with Gasteiger partial charge in [0.25, 0.3) is 0 Å². The second-order valence-electron chi connectivity index (χ2n) is 5.19. The Hall–Kier alpha value is -1.28. The maximum Gasteiger partial charge on any atom is 0.418 e. The summed E-state index contributed by atoms with van der Waals surface area (Å²) in [5, 5.41) is 0. The maximum absolute atomic E-state index is 13.0. The zero-order chi connectivity index (χ0) is 16.3. The van der Waals surface area contributed by atoms with Crippen molar-refractivity contribution in [3.8, 4) is 0 Å². The number of hydrogen-bond donors (Lipinski definition) is 2. The van der Waals surface area contributed by atoms with E-state index in [1.165, 1.54) is 6.07 Å². The van der Waals surface area contributed by atoms with Crippen LogP contribution in [0, 0.1) is 5.92 Å². The molecule has 0 radical (unpaired) electrons. The molecular formula is C13H19F3N2O2S. The maximum atomic E-state index is 13.0. The number of halogens is 3. The molecule has 1 aromatic rings. The van der Waals surface area contributed by atoms with Crippen LogP contribution in [0.4, 0.5) is 18.9 Å². The highest BCUT2D eigenvalue weighted by molar-refractivity contribution is 7.92. The second kappa shape index (κ2) is 6.65. The number of nitrogens with two attached hydrogens (primary N) is 1. The summed E-state index contributed by atoms with van der Waals surface area (Å²) in [6.45, 7) is 3.63. The molecule has 3 N–H and O–H groups in total. The second-order valence-corrected chi connectivity index (χ2v) is 7.03. The topological polar surface area (TPSA) is 72.2 Å². The Balaban J connectivity index is 3.08. The minimum atomic E-state index is -4.65. The monoisotopic (exact) mass is 324 g/mol. The van der Waals surface area contributed by atoms with Crippen LogP contribution in [0.1, 0.15) is 31.4 Å². The fourth-order valence-corrected chi connectivity index (χ4v) is 3.05. The molecule has 0 unspecified atom stereocenters. The van der Waals surface area contributed by atoms with Crippen LogP contribution in [0.2, 0.25) is 0 Å². The van der Waals surface area contributed by atoms with Crippen molar-refractivity contribution in [1.29, 1.82) is 0 Å². The Morgan fingerprint density at radius 1 is 1.29 bits per heavy atom. The summed E-state index contributed by atoms with van der Waals surface area (Å²) in [7, 11) is -3.81. The summed E-state index contributed by atoms with van der Waals surface area (Å²) in [6.07, 6.45) is -4.28. The quantitative estimate of drug-likeness (QED) is 0.845. The van der Waals surface area contributed by atoms with E-state index in [0.717, 1.165) is 12.1 Å². The summed E-state index contributed by atoms with van der Waals surface area (Å²) < 4.78 is 64.6. The van der Waals surface area contributed by atoms with Crippen LogP contribution in [0.5, 0.6) is 0 Å². The highest BCUT2D eigenvalue weighted by Gasteiger charge is 2.34. The van der Waals surface area contributed by atoms with E-state index < -0.39 is 27.5 Å².